The van der Waals surface area contributed by atoms with E-state index in [0.29, 0.717) is 0 Å². The van der Waals surface area contributed by atoms with Gasteiger partial charge in [-0.2, -0.15) is 0 Å². The fraction of sp³-hybridized carbons (Fsp3) is 0. The van der Waals surface area contributed by atoms with E-state index in [4.69, 9.17) is 13.3 Å². The number of rotatable bonds is 5. The number of hydrogen-bond donors (Lipinski definition) is 0. The molecule has 0 aliphatic carbocycles. The third-order valence-electron chi connectivity index (χ3n) is 10.3. The maximum Gasteiger partial charge on any atom is 0.149 e. The number of para-hydroxylation sites is 3. The van der Waals surface area contributed by atoms with Crippen LogP contribution in [0.25, 0.3) is 88.1 Å². The lowest BCUT2D eigenvalue weighted by Gasteiger charge is -2.28. The van der Waals surface area contributed by atoms with Crippen molar-refractivity contribution < 1.29 is 13.3 Å². The van der Waals surface area contributed by atoms with Crippen LogP contribution in [0.1, 0.15) is 0 Å². The molecule has 52 heavy (non-hydrogen) atoms. The Morgan fingerprint density at radius 2 is 0.885 bits per heavy atom. The van der Waals surface area contributed by atoms with Gasteiger partial charge in [0.15, 0.2) is 0 Å². The third kappa shape index (κ3) is 4.28. The number of benzene rings is 8. The lowest BCUT2D eigenvalue weighted by molar-refractivity contribution is 0.660. The van der Waals surface area contributed by atoms with Crippen LogP contribution in [0.4, 0.5) is 17.1 Å². The summed E-state index contributed by atoms with van der Waals surface area (Å²) in [5.41, 5.74) is 12.4. The molecule has 0 amide bonds. The minimum absolute atomic E-state index is 0.748. The molecular weight excluding hydrogens is 639 g/mol. The molecule has 0 N–H and O–H groups in total. The summed E-state index contributed by atoms with van der Waals surface area (Å²) < 4.78 is 20.1. The molecule has 8 aromatic carbocycles. The number of fused-ring (bicyclic) bond motifs is 11. The highest BCUT2D eigenvalue weighted by Crippen LogP contribution is 2.51. The first-order chi connectivity index (χ1) is 25.8. The van der Waals surface area contributed by atoms with Gasteiger partial charge in [0, 0.05) is 38.9 Å². The van der Waals surface area contributed by atoms with Gasteiger partial charge in [-0.15, -0.1) is 0 Å². The monoisotopic (exact) mass is 667 g/mol. The molecule has 4 heteroatoms. The molecule has 3 aromatic heterocycles. The number of nitrogens with zero attached hydrogens (tertiary/aromatic N) is 1. The summed E-state index contributed by atoms with van der Waals surface area (Å²) in [6, 6.07) is 61.2. The average Bonchev–Trinajstić information content (AvgIpc) is 3.90. The molecule has 11 rings (SSSR count). The van der Waals surface area contributed by atoms with Gasteiger partial charge in [-0.05, 0) is 59.2 Å². The molecule has 0 saturated carbocycles. The zero-order valence-corrected chi connectivity index (χ0v) is 27.9. The molecular formula is C48H29NO3. The van der Waals surface area contributed by atoms with Crippen LogP contribution < -0.4 is 4.90 Å². The van der Waals surface area contributed by atoms with Gasteiger partial charge in [0.05, 0.1) is 22.1 Å². The molecule has 4 nitrogen and oxygen atoms in total. The summed E-state index contributed by atoms with van der Waals surface area (Å²) in [7, 11) is 0. The van der Waals surface area contributed by atoms with Crippen LogP contribution in [-0.4, -0.2) is 0 Å². The molecule has 3 heterocycles. The van der Waals surface area contributed by atoms with Gasteiger partial charge < -0.3 is 18.2 Å². The van der Waals surface area contributed by atoms with E-state index in [2.05, 4.69) is 144 Å². The second-order valence-corrected chi connectivity index (χ2v) is 13.2. The summed E-state index contributed by atoms with van der Waals surface area (Å²) in [5, 5.41) is 6.08. The summed E-state index contributed by atoms with van der Waals surface area (Å²) in [6.45, 7) is 0. The molecule has 244 valence electrons. The first-order valence-electron chi connectivity index (χ1n) is 17.5. The smallest absolute Gasteiger partial charge is 0.149 e. The predicted octanol–water partition coefficient (Wildman–Crippen LogP) is 14.2. The zero-order valence-electron chi connectivity index (χ0n) is 27.9. The van der Waals surface area contributed by atoms with Crippen LogP contribution in [0.2, 0.25) is 0 Å². The van der Waals surface area contributed by atoms with Crippen molar-refractivity contribution in [2.24, 2.45) is 0 Å². The van der Waals surface area contributed by atoms with E-state index in [1.165, 1.54) is 5.56 Å². The lowest BCUT2D eigenvalue weighted by atomic mass is 9.99. The molecule has 0 bridgehead atoms. The van der Waals surface area contributed by atoms with E-state index in [9.17, 15) is 0 Å². The first kappa shape index (κ1) is 28.8. The normalized spacial score (nSPS) is 11.8. The van der Waals surface area contributed by atoms with Gasteiger partial charge in [-0.3, -0.25) is 0 Å². The fourth-order valence-corrected chi connectivity index (χ4v) is 7.97. The van der Waals surface area contributed by atoms with E-state index >= 15 is 0 Å². The van der Waals surface area contributed by atoms with Crippen molar-refractivity contribution in [1.82, 2.24) is 0 Å². The van der Waals surface area contributed by atoms with Crippen molar-refractivity contribution in [2.75, 3.05) is 4.90 Å². The van der Waals surface area contributed by atoms with Crippen molar-refractivity contribution in [3.8, 4) is 22.3 Å². The largest absolute Gasteiger partial charge is 0.456 e. The van der Waals surface area contributed by atoms with Crippen LogP contribution in [0, 0.1) is 0 Å². The minimum Gasteiger partial charge on any atom is -0.456 e. The fourth-order valence-electron chi connectivity index (χ4n) is 7.97. The van der Waals surface area contributed by atoms with Gasteiger partial charge in [-0.25, -0.2) is 0 Å². The molecule has 0 aliphatic heterocycles. The highest BCUT2D eigenvalue weighted by Gasteiger charge is 2.27. The van der Waals surface area contributed by atoms with Crippen LogP contribution in [-0.2, 0) is 0 Å². The quantitative estimate of drug-likeness (QED) is 0.183. The Hall–Kier alpha value is -7.04. The van der Waals surface area contributed by atoms with Gasteiger partial charge in [0.25, 0.3) is 0 Å². The van der Waals surface area contributed by atoms with E-state index in [0.717, 1.165) is 99.6 Å². The van der Waals surface area contributed by atoms with Crippen LogP contribution in [0.15, 0.2) is 189 Å². The molecule has 0 radical (unpaired) electrons. The molecule has 0 spiro atoms. The van der Waals surface area contributed by atoms with Crippen molar-refractivity contribution in [2.45, 2.75) is 0 Å². The topological polar surface area (TPSA) is 42.7 Å². The van der Waals surface area contributed by atoms with Crippen molar-refractivity contribution in [1.29, 1.82) is 0 Å². The molecule has 0 unspecified atom stereocenters. The van der Waals surface area contributed by atoms with Crippen LogP contribution >= 0.6 is 0 Å². The highest BCUT2D eigenvalue weighted by atomic mass is 16.3. The van der Waals surface area contributed by atoms with Crippen molar-refractivity contribution in [3.63, 3.8) is 0 Å². The Morgan fingerprint density at radius 3 is 1.63 bits per heavy atom. The molecule has 0 aliphatic rings. The predicted molar refractivity (Wildman–Crippen MR) is 214 cm³/mol. The Kier molecular flexibility index (Phi) is 6.22. The number of furan rings is 3. The summed E-state index contributed by atoms with van der Waals surface area (Å²) in [5.74, 6) is 0. The summed E-state index contributed by atoms with van der Waals surface area (Å²) in [6.07, 6.45) is 0. The van der Waals surface area contributed by atoms with E-state index in [-0.39, 0.29) is 0 Å². The van der Waals surface area contributed by atoms with Gasteiger partial charge in [-0.1, -0.05) is 127 Å². The second-order valence-electron chi connectivity index (χ2n) is 13.2. The van der Waals surface area contributed by atoms with Gasteiger partial charge >= 0.3 is 0 Å². The average molecular weight is 668 g/mol. The Morgan fingerprint density at radius 1 is 0.327 bits per heavy atom. The summed E-state index contributed by atoms with van der Waals surface area (Å²) >= 11 is 0. The molecule has 0 saturated heterocycles. The first-order valence-corrected chi connectivity index (χ1v) is 17.5. The Balaban J connectivity index is 1.26. The van der Waals surface area contributed by atoms with Crippen molar-refractivity contribution in [3.05, 3.63) is 176 Å². The van der Waals surface area contributed by atoms with Crippen LogP contribution in [0.3, 0.4) is 0 Å². The molecule has 0 fully saturated rings. The van der Waals surface area contributed by atoms with Gasteiger partial charge in [0.2, 0.25) is 0 Å². The molecule has 0 atom stereocenters. The highest BCUT2D eigenvalue weighted by molar-refractivity contribution is 6.33. The van der Waals surface area contributed by atoms with Crippen LogP contribution in [0.5, 0.6) is 0 Å². The maximum atomic E-state index is 6.91. The zero-order chi connectivity index (χ0) is 34.2. The van der Waals surface area contributed by atoms with Gasteiger partial charge in [0.1, 0.15) is 33.5 Å². The third-order valence-corrected chi connectivity index (χ3v) is 10.3. The van der Waals surface area contributed by atoms with Crippen molar-refractivity contribution >= 4 is 82.9 Å². The number of anilines is 3. The lowest BCUT2D eigenvalue weighted by Crippen LogP contribution is -2.11. The summed E-state index contributed by atoms with van der Waals surface area (Å²) in [4.78, 5) is 2.36. The van der Waals surface area contributed by atoms with E-state index in [1.807, 2.05) is 36.4 Å². The standard InChI is InChI=1S/C48H29NO3/c1-3-13-30(14-4-1)31-23-25-33(26-24-31)49(37-20-10-7-17-34(37)32-15-5-2-6-16-32)38-29-43-47(48-44(38)35-18-8-12-22-40(35)52-48)46-42(51-43)28-27-41-45(46)36-19-9-11-21-39(36)50-41/h1-29H. The second kappa shape index (κ2) is 11.2. The SMILES string of the molecule is c1ccc(-c2ccc(N(c3ccccc3-c3ccccc3)c3cc4oc5ccc6oc7ccccc7c6c5c4c4oc5ccccc5c34)cc2)cc1. The number of hydrogen-bond acceptors (Lipinski definition) is 4. The Labute approximate surface area is 298 Å². The molecule has 11 aromatic rings. The Bertz CT molecular complexity index is 3110. The maximum absolute atomic E-state index is 6.91. The van der Waals surface area contributed by atoms with E-state index in [1.54, 1.807) is 0 Å². The minimum atomic E-state index is 0.748. The van der Waals surface area contributed by atoms with E-state index < -0.39 is 0 Å².